The first-order valence-corrected chi connectivity index (χ1v) is 30.6. The number of hydrogen-bond acceptors (Lipinski definition) is 7. The molecular formula is C81H55BN8. The zero-order valence-electron chi connectivity index (χ0n) is 49.4. The molecule has 12 aromatic carbocycles. The number of hydrogen-bond donors (Lipinski definition) is 0. The molecule has 0 atom stereocenters. The van der Waals surface area contributed by atoms with E-state index in [0.29, 0.717) is 23.3 Å². The first-order valence-electron chi connectivity index (χ1n) is 30.6. The zero-order chi connectivity index (χ0) is 59.8. The molecule has 0 unspecified atom stereocenters. The Hall–Kier alpha value is -11.8. The summed E-state index contributed by atoms with van der Waals surface area (Å²) >= 11 is 0. The number of fused-ring (bicyclic) bond motifs is 7. The molecule has 2 aliphatic heterocycles. The summed E-state index contributed by atoms with van der Waals surface area (Å²) in [5.41, 5.74) is 25.1. The van der Waals surface area contributed by atoms with Gasteiger partial charge >= 0.3 is 0 Å². The van der Waals surface area contributed by atoms with Crippen LogP contribution in [0.1, 0.15) is 11.1 Å². The van der Waals surface area contributed by atoms with Crippen molar-refractivity contribution in [2.75, 3.05) is 9.80 Å². The van der Waals surface area contributed by atoms with Gasteiger partial charge in [-0.3, -0.25) is 0 Å². The van der Waals surface area contributed by atoms with Gasteiger partial charge in [0.05, 0.1) is 33.8 Å². The van der Waals surface area contributed by atoms with Gasteiger partial charge in [0.1, 0.15) is 0 Å². The van der Waals surface area contributed by atoms with Gasteiger partial charge in [-0.2, -0.15) is 0 Å². The van der Waals surface area contributed by atoms with E-state index in [1.807, 2.05) is 42.5 Å². The number of benzene rings is 12. The third kappa shape index (κ3) is 8.89. The standard InChI is InChI=1S/C81H55BN8/c1-52-39-43-70-63(47-52)64-48-53(2)40-44-71(64)90(70)72-45-41-58(69-51-68(54-23-8-3-9-24-54)83-78(84-69)55-25-10-4-11-26-55)50-65(72)81-86-79(56-27-12-5-13-28-56)85-80(87-81)59-30-22-29-57(49-59)62-42-46-75-76-77(62)89(61-33-16-7-17-34-61)74-38-21-19-36-67(74)82(76)66-35-18-20-37-73(66)88(75)60-31-14-6-15-32-60/h3-51H,1-2H3. The van der Waals surface area contributed by atoms with Crippen LogP contribution in [-0.2, 0) is 0 Å². The van der Waals surface area contributed by atoms with Crippen LogP contribution in [0.25, 0.3) is 107 Å². The molecule has 2 aliphatic rings. The SMILES string of the molecule is Cc1ccc2c(c1)c1cc(C)ccc1n2-c1ccc(-c2cc(-c3ccccc3)nc(-c3ccccc3)n2)cc1-c1nc(-c2ccccc2)nc(-c2cccc(-c3ccc4c5c3N(c3ccccc3)c3ccccc3B5c3ccccc3N4c3ccccc3)c2)n1. The average molecular weight is 1150 g/mol. The van der Waals surface area contributed by atoms with Crippen LogP contribution in [0.15, 0.2) is 297 Å². The summed E-state index contributed by atoms with van der Waals surface area (Å²) in [6.45, 7) is 4.28. The summed E-state index contributed by atoms with van der Waals surface area (Å²) in [5.74, 6) is 2.26. The van der Waals surface area contributed by atoms with Crippen LogP contribution >= 0.6 is 0 Å². The van der Waals surface area contributed by atoms with Crippen LogP contribution in [0.2, 0.25) is 0 Å². The largest absolute Gasteiger partial charge is 0.311 e. The molecular weight excluding hydrogens is 1100 g/mol. The van der Waals surface area contributed by atoms with E-state index in [-0.39, 0.29) is 6.71 Å². The van der Waals surface area contributed by atoms with Crippen molar-refractivity contribution < 1.29 is 0 Å². The number of rotatable bonds is 10. The molecule has 0 saturated carbocycles. The zero-order valence-corrected chi connectivity index (χ0v) is 49.4. The molecule has 0 saturated heterocycles. The van der Waals surface area contributed by atoms with E-state index in [1.54, 1.807) is 0 Å². The number of aryl methyl sites for hydroxylation is 2. The minimum atomic E-state index is -0.0466. The lowest BCUT2D eigenvalue weighted by Crippen LogP contribution is -2.61. The Labute approximate surface area is 522 Å². The Morgan fingerprint density at radius 2 is 0.756 bits per heavy atom. The molecule has 0 aliphatic carbocycles. The van der Waals surface area contributed by atoms with Crippen molar-refractivity contribution in [1.82, 2.24) is 29.5 Å². The van der Waals surface area contributed by atoms with Gasteiger partial charge in [0.25, 0.3) is 6.71 Å². The highest BCUT2D eigenvalue weighted by molar-refractivity contribution is 7.00. The number of nitrogens with zero attached hydrogens (tertiary/aromatic N) is 8. The summed E-state index contributed by atoms with van der Waals surface area (Å²) in [5, 5.41) is 2.35. The third-order valence-corrected chi connectivity index (χ3v) is 17.7. The molecule has 0 N–H and O–H groups in total. The van der Waals surface area contributed by atoms with Gasteiger partial charge in [0.2, 0.25) is 0 Å². The Morgan fingerprint density at radius 1 is 0.289 bits per heavy atom. The quantitative estimate of drug-likeness (QED) is 0.126. The lowest BCUT2D eigenvalue weighted by molar-refractivity contribution is 1.06. The van der Waals surface area contributed by atoms with Gasteiger partial charge < -0.3 is 14.4 Å². The fourth-order valence-corrected chi connectivity index (χ4v) is 13.7. The van der Waals surface area contributed by atoms with Gasteiger partial charge in [0, 0.05) is 78.2 Å². The van der Waals surface area contributed by atoms with Gasteiger partial charge in [-0.05, 0) is 127 Å². The van der Waals surface area contributed by atoms with Gasteiger partial charge in [-0.25, -0.2) is 24.9 Å². The predicted octanol–water partition coefficient (Wildman–Crippen LogP) is 18.1. The molecule has 5 heterocycles. The average Bonchev–Trinajstić information content (AvgIpc) is 0.809. The van der Waals surface area contributed by atoms with Crippen LogP contribution < -0.4 is 26.2 Å². The monoisotopic (exact) mass is 1150 g/mol. The number of aromatic nitrogens is 6. The first kappa shape index (κ1) is 52.5. The van der Waals surface area contributed by atoms with Crippen molar-refractivity contribution in [2.24, 2.45) is 0 Å². The second-order valence-corrected chi connectivity index (χ2v) is 23.3. The maximum absolute atomic E-state index is 5.67. The Balaban J connectivity index is 0.904. The molecule has 17 rings (SSSR count). The summed E-state index contributed by atoms with van der Waals surface area (Å²) in [6, 6.07) is 106. The number of anilines is 6. The van der Waals surface area contributed by atoms with Gasteiger partial charge in [-0.1, -0.05) is 217 Å². The van der Waals surface area contributed by atoms with E-state index in [1.165, 1.54) is 44.0 Å². The molecule has 8 nitrogen and oxygen atoms in total. The topological polar surface area (TPSA) is 75.9 Å². The second kappa shape index (κ2) is 21.6. The molecule has 9 heteroatoms. The van der Waals surface area contributed by atoms with Crippen LogP contribution in [0.5, 0.6) is 0 Å². The highest BCUT2D eigenvalue weighted by Crippen LogP contribution is 2.48. The van der Waals surface area contributed by atoms with Crippen molar-refractivity contribution >= 4 is 79.0 Å². The molecule has 0 radical (unpaired) electrons. The summed E-state index contributed by atoms with van der Waals surface area (Å²) in [7, 11) is 0. The van der Waals surface area contributed by atoms with Crippen LogP contribution in [0.4, 0.5) is 34.1 Å². The van der Waals surface area contributed by atoms with Crippen molar-refractivity contribution in [1.29, 1.82) is 0 Å². The van der Waals surface area contributed by atoms with Gasteiger partial charge in [-0.15, -0.1) is 0 Å². The van der Waals surface area contributed by atoms with Crippen LogP contribution in [0, 0.1) is 13.8 Å². The van der Waals surface area contributed by atoms with E-state index >= 15 is 0 Å². The van der Waals surface area contributed by atoms with E-state index in [4.69, 9.17) is 24.9 Å². The molecule has 422 valence electrons. The maximum Gasteiger partial charge on any atom is 0.252 e. The molecule has 15 aromatic rings. The minimum absolute atomic E-state index is 0.0466. The maximum atomic E-state index is 5.67. The first-order chi connectivity index (χ1) is 44.5. The molecule has 0 spiro atoms. The third-order valence-electron chi connectivity index (χ3n) is 17.7. The molecule has 0 fully saturated rings. The summed E-state index contributed by atoms with van der Waals surface area (Å²) in [6.07, 6.45) is 0. The second-order valence-electron chi connectivity index (χ2n) is 23.3. The van der Waals surface area contributed by atoms with E-state index in [0.717, 1.165) is 101 Å². The summed E-state index contributed by atoms with van der Waals surface area (Å²) < 4.78 is 2.38. The van der Waals surface area contributed by atoms with Crippen LogP contribution in [-0.4, -0.2) is 36.2 Å². The molecule has 3 aromatic heterocycles. The minimum Gasteiger partial charge on any atom is -0.311 e. The lowest BCUT2D eigenvalue weighted by Gasteiger charge is -2.45. The molecule has 90 heavy (non-hydrogen) atoms. The van der Waals surface area contributed by atoms with Crippen molar-refractivity contribution in [2.45, 2.75) is 13.8 Å². The fourth-order valence-electron chi connectivity index (χ4n) is 13.7. The van der Waals surface area contributed by atoms with E-state index in [9.17, 15) is 0 Å². The fraction of sp³-hybridized carbons (Fsp3) is 0.0247. The van der Waals surface area contributed by atoms with E-state index in [2.05, 4.69) is 283 Å². The lowest BCUT2D eigenvalue weighted by atomic mass is 9.33. The Morgan fingerprint density at radius 3 is 1.37 bits per heavy atom. The number of para-hydroxylation sites is 4. The Kier molecular flexibility index (Phi) is 12.6. The normalized spacial score (nSPS) is 12.3. The van der Waals surface area contributed by atoms with Crippen molar-refractivity contribution in [3.63, 3.8) is 0 Å². The highest BCUT2D eigenvalue weighted by atomic mass is 15.2. The summed E-state index contributed by atoms with van der Waals surface area (Å²) in [4.78, 5) is 32.1. The Bertz CT molecular complexity index is 5160. The predicted molar refractivity (Wildman–Crippen MR) is 371 cm³/mol. The molecule has 0 bridgehead atoms. The highest BCUT2D eigenvalue weighted by Gasteiger charge is 2.44. The van der Waals surface area contributed by atoms with Crippen molar-refractivity contribution in [3.05, 3.63) is 308 Å². The molecule has 0 amide bonds. The van der Waals surface area contributed by atoms with Crippen LogP contribution in [0.3, 0.4) is 0 Å². The van der Waals surface area contributed by atoms with E-state index < -0.39 is 0 Å². The van der Waals surface area contributed by atoms with Gasteiger partial charge in [0.15, 0.2) is 23.3 Å². The van der Waals surface area contributed by atoms with Crippen molar-refractivity contribution in [3.8, 4) is 84.9 Å². The smallest absolute Gasteiger partial charge is 0.252 e.